The maximum atomic E-state index is 12.9. The van der Waals surface area contributed by atoms with Crippen LogP contribution in [-0.2, 0) is 22.6 Å². The number of para-hydroxylation sites is 2. The van der Waals surface area contributed by atoms with Gasteiger partial charge in [-0.05, 0) is 18.6 Å². The number of nitrogens with zero attached hydrogens (tertiary/aromatic N) is 1. The van der Waals surface area contributed by atoms with Crippen molar-refractivity contribution in [2.45, 2.75) is 25.9 Å². The Labute approximate surface area is 150 Å². The Morgan fingerprint density at radius 2 is 1.76 bits per heavy atom. The predicted molar refractivity (Wildman–Crippen MR) is 96.1 cm³/mol. The van der Waals surface area contributed by atoms with Crippen LogP contribution in [0.2, 0.25) is 0 Å². The van der Waals surface area contributed by atoms with Crippen molar-refractivity contribution in [3.63, 3.8) is 0 Å². The second-order valence-corrected chi connectivity index (χ2v) is 6.75. The van der Waals surface area contributed by atoms with Gasteiger partial charge >= 0.3 is 5.97 Å². The zero-order chi connectivity index (χ0) is 17.2. The fourth-order valence-electron chi connectivity index (χ4n) is 2.97. The summed E-state index contributed by atoms with van der Waals surface area (Å²) in [7, 11) is 0. The largest absolute Gasteiger partial charge is 0.458 e. The molecule has 1 aromatic heterocycles. The van der Waals surface area contributed by atoms with Gasteiger partial charge in [0.05, 0.1) is 10.7 Å². The summed E-state index contributed by atoms with van der Waals surface area (Å²) in [6, 6.07) is 15.2. The number of thiazole rings is 1. The lowest BCUT2D eigenvalue weighted by Gasteiger charge is -2.26. The second-order valence-electron chi connectivity index (χ2n) is 5.80. The molecule has 1 aliphatic rings. The van der Waals surface area contributed by atoms with Gasteiger partial charge in [0.15, 0.2) is 0 Å². The third-order valence-corrected chi connectivity index (χ3v) is 5.22. The zero-order valence-electron chi connectivity index (χ0n) is 13.8. The maximum Gasteiger partial charge on any atom is 0.318 e. The summed E-state index contributed by atoms with van der Waals surface area (Å²) in [5, 5.41) is 2.99. The molecule has 0 bridgehead atoms. The van der Waals surface area contributed by atoms with Gasteiger partial charge in [-0.25, -0.2) is 4.98 Å². The monoisotopic (exact) mass is 351 g/mol. The van der Waals surface area contributed by atoms with E-state index in [1.54, 1.807) is 11.3 Å². The van der Waals surface area contributed by atoms with Crippen LogP contribution in [-0.4, -0.2) is 11.0 Å². The molecule has 0 N–H and O–H groups in total. The summed E-state index contributed by atoms with van der Waals surface area (Å²) in [5.74, 6) is 0.634. The minimum absolute atomic E-state index is 0.191. The molecule has 0 spiro atoms. The Morgan fingerprint density at radius 1 is 1.12 bits per heavy atom. The van der Waals surface area contributed by atoms with Gasteiger partial charge in [-0.15, -0.1) is 11.3 Å². The van der Waals surface area contributed by atoms with Crippen molar-refractivity contribution < 1.29 is 14.3 Å². The summed E-state index contributed by atoms with van der Waals surface area (Å²) >= 11 is 1.59. The van der Waals surface area contributed by atoms with Gasteiger partial charge in [-0.1, -0.05) is 43.3 Å². The molecule has 4 rings (SSSR count). The van der Waals surface area contributed by atoms with Crippen LogP contribution in [0.25, 0.3) is 0 Å². The second kappa shape index (κ2) is 6.69. The number of aryl methyl sites for hydroxylation is 1. The van der Waals surface area contributed by atoms with Crippen molar-refractivity contribution in [3.05, 3.63) is 75.7 Å². The van der Waals surface area contributed by atoms with Crippen LogP contribution in [0.15, 0.2) is 53.9 Å². The summed E-state index contributed by atoms with van der Waals surface area (Å²) in [5.41, 5.74) is 2.46. The average Bonchev–Trinajstić information content (AvgIpc) is 3.12. The van der Waals surface area contributed by atoms with Crippen LogP contribution in [0.3, 0.4) is 0 Å². The van der Waals surface area contributed by atoms with Crippen LogP contribution in [0.5, 0.6) is 11.5 Å². The van der Waals surface area contributed by atoms with Gasteiger partial charge in [0.1, 0.15) is 24.0 Å². The molecule has 2 heterocycles. The number of carbonyl (C=O) groups excluding carboxylic acids is 1. The number of rotatable bonds is 4. The van der Waals surface area contributed by atoms with E-state index >= 15 is 0 Å². The molecule has 0 fully saturated rings. The summed E-state index contributed by atoms with van der Waals surface area (Å²) in [4.78, 5) is 17.3. The van der Waals surface area contributed by atoms with E-state index in [-0.39, 0.29) is 12.6 Å². The Morgan fingerprint density at radius 3 is 2.36 bits per heavy atom. The van der Waals surface area contributed by atoms with Gasteiger partial charge in [-0.2, -0.15) is 0 Å². The summed E-state index contributed by atoms with van der Waals surface area (Å²) in [6.07, 6.45) is 0.888. The third-order valence-electron chi connectivity index (χ3n) is 4.18. The molecule has 0 amide bonds. The highest BCUT2D eigenvalue weighted by Gasteiger charge is 2.33. The highest BCUT2D eigenvalue weighted by Crippen LogP contribution is 2.44. The van der Waals surface area contributed by atoms with Crippen molar-refractivity contribution in [2.24, 2.45) is 0 Å². The molecule has 126 valence electrons. The summed E-state index contributed by atoms with van der Waals surface area (Å²) in [6.45, 7) is 2.25. The number of hydrogen-bond acceptors (Lipinski definition) is 5. The molecule has 0 saturated heterocycles. The van der Waals surface area contributed by atoms with Crippen LogP contribution in [0, 0.1) is 0 Å². The molecular formula is C20H17NO3S. The smallest absolute Gasteiger partial charge is 0.318 e. The van der Waals surface area contributed by atoms with Crippen molar-refractivity contribution >= 4 is 17.3 Å². The Hall–Kier alpha value is -2.66. The molecule has 0 radical (unpaired) electrons. The van der Waals surface area contributed by atoms with Gasteiger partial charge in [0.2, 0.25) is 0 Å². The maximum absolute atomic E-state index is 12.9. The molecule has 1 aliphatic heterocycles. The molecule has 5 heteroatoms. The lowest BCUT2D eigenvalue weighted by molar-refractivity contribution is -0.146. The highest BCUT2D eigenvalue weighted by molar-refractivity contribution is 7.09. The predicted octanol–water partition coefficient (Wildman–Crippen LogP) is 4.69. The third kappa shape index (κ3) is 3.03. The molecule has 3 aromatic rings. The van der Waals surface area contributed by atoms with Crippen LogP contribution in [0.1, 0.15) is 34.7 Å². The number of carbonyl (C=O) groups is 1. The first-order chi connectivity index (χ1) is 12.3. The van der Waals surface area contributed by atoms with E-state index in [2.05, 4.69) is 11.9 Å². The fraction of sp³-hybridized carbons (Fsp3) is 0.200. The minimum atomic E-state index is -0.481. The first-order valence-corrected chi connectivity index (χ1v) is 9.10. The Balaban J connectivity index is 1.61. The first-order valence-electron chi connectivity index (χ1n) is 8.22. The van der Waals surface area contributed by atoms with Crippen molar-refractivity contribution in [2.75, 3.05) is 0 Å². The summed E-state index contributed by atoms with van der Waals surface area (Å²) < 4.78 is 11.5. The van der Waals surface area contributed by atoms with E-state index in [0.717, 1.165) is 28.2 Å². The fourth-order valence-corrected chi connectivity index (χ4v) is 3.70. The normalized spacial score (nSPS) is 12.8. The van der Waals surface area contributed by atoms with Gasteiger partial charge < -0.3 is 9.47 Å². The van der Waals surface area contributed by atoms with Gasteiger partial charge in [0, 0.05) is 16.5 Å². The van der Waals surface area contributed by atoms with Crippen molar-refractivity contribution in [1.29, 1.82) is 0 Å². The van der Waals surface area contributed by atoms with Crippen molar-refractivity contribution in [1.82, 2.24) is 4.98 Å². The molecule has 0 atom stereocenters. The minimum Gasteiger partial charge on any atom is -0.458 e. The van der Waals surface area contributed by atoms with E-state index in [0.29, 0.717) is 11.5 Å². The SMILES string of the molecule is CCc1nc(COC(=O)C2c3ccccc3Oc3ccccc32)cs1. The number of benzene rings is 2. The quantitative estimate of drug-likeness (QED) is 0.640. The molecular weight excluding hydrogens is 334 g/mol. The Kier molecular flexibility index (Phi) is 4.24. The van der Waals surface area contributed by atoms with Gasteiger partial charge in [-0.3, -0.25) is 4.79 Å². The molecule has 25 heavy (non-hydrogen) atoms. The molecule has 4 nitrogen and oxygen atoms in total. The topological polar surface area (TPSA) is 48.4 Å². The molecule has 0 saturated carbocycles. The lowest BCUT2D eigenvalue weighted by atomic mass is 9.88. The van der Waals surface area contributed by atoms with E-state index in [9.17, 15) is 4.79 Å². The van der Waals surface area contributed by atoms with Gasteiger partial charge in [0.25, 0.3) is 0 Å². The lowest BCUT2D eigenvalue weighted by Crippen LogP contribution is -2.21. The average molecular weight is 351 g/mol. The molecule has 2 aromatic carbocycles. The number of aromatic nitrogens is 1. The van der Waals surface area contributed by atoms with E-state index in [1.807, 2.05) is 53.9 Å². The van der Waals surface area contributed by atoms with Crippen LogP contribution < -0.4 is 4.74 Å². The molecule has 0 aliphatic carbocycles. The first kappa shape index (κ1) is 15.8. The zero-order valence-corrected chi connectivity index (χ0v) is 14.6. The number of hydrogen-bond donors (Lipinski definition) is 0. The number of ether oxygens (including phenoxy) is 2. The standard InChI is InChI=1S/C20H17NO3S/c1-2-18-21-13(12-25-18)11-23-20(22)19-14-7-3-5-9-16(14)24-17-10-6-4-8-15(17)19/h3-10,12,19H,2,11H2,1H3. The number of fused-ring (bicyclic) bond motifs is 2. The van der Waals surface area contributed by atoms with Crippen LogP contribution in [0.4, 0.5) is 0 Å². The number of esters is 1. The highest BCUT2D eigenvalue weighted by atomic mass is 32.1. The molecule has 0 unspecified atom stereocenters. The van der Waals surface area contributed by atoms with Crippen LogP contribution >= 0.6 is 11.3 Å². The van der Waals surface area contributed by atoms with E-state index in [4.69, 9.17) is 9.47 Å². The van der Waals surface area contributed by atoms with E-state index < -0.39 is 5.92 Å². The van der Waals surface area contributed by atoms with E-state index in [1.165, 1.54) is 0 Å². The van der Waals surface area contributed by atoms with Crippen molar-refractivity contribution in [3.8, 4) is 11.5 Å². The Bertz CT molecular complexity index is 873.